The molecule has 3 rings (SSSR count). The van der Waals surface area contributed by atoms with Gasteiger partial charge in [-0.1, -0.05) is 12.1 Å². The van der Waals surface area contributed by atoms with Crippen LogP contribution < -0.4 is 4.74 Å². The molecular formula is C16H18N2O3. The Labute approximate surface area is 123 Å². The quantitative estimate of drug-likeness (QED) is 0.845. The first-order valence-corrected chi connectivity index (χ1v) is 7.36. The molecule has 5 nitrogen and oxygen atoms in total. The first-order chi connectivity index (χ1) is 10.3. The number of ketones is 1. The van der Waals surface area contributed by atoms with Crippen LogP contribution in [-0.4, -0.2) is 15.9 Å². The summed E-state index contributed by atoms with van der Waals surface area (Å²) < 4.78 is 10.8. The monoisotopic (exact) mass is 286 g/mol. The Morgan fingerprint density at radius 3 is 3.10 bits per heavy atom. The fourth-order valence-corrected chi connectivity index (χ4v) is 2.53. The molecule has 0 amide bonds. The highest BCUT2D eigenvalue weighted by Crippen LogP contribution is 2.25. The normalized spacial score (nSPS) is 14.0. The van der Waals surface area contributed by atoms with Crippen LogP contribution in [0.5, 0.6) is 5.75 Å². The van der Waals surface area contributed by atoms with Gasteiger partial charge in [-0.25, -0.2) is 0 Å². The van der Waals surface area contributed by atoms with E-state index in [1.54, 1.807) is 0 Å². The number of hydrogen-bond donors (Lipinski definition) is 0. The molecule has 1 aromatic heterocycles. The largest absolute Gasteiger partial charge is 0.484 e. The summed E-state index contributed by atoms with van der Waals surface area (Å²) in [4.78, 5) is 16.0. The minimum Gasteiger partial charge on any atom is -0.484 e. The van der Waals surface area contributed by atoms with Crippen LogP contribution in [0.1, 0.15) is 53.8 Å². The average molecular weight is 286 g/mol. The van der Waals surface area contributed by atoms with Crippen LogP contribution in [0.25, 0.3) is 0 Å². The van der Waals surface area contributed by atoms with E-state index in [2.05, 4.69) is 17.1 Å². The molecule has 0 bridgehead atoms. The zero-order chi connectivity index (χ0) is 14.7. The minimum absolute atomic E-state index is 0.226. The maximum absolute atomic E-state index is 11.8. The molecule has 0 saturated heterocycles. The number of benzene rings is 1. The van der Waals surface area contributed by atoms with E-state index in [4.69, 9.17) is 9.26 Å². The maximum atomic E-state index is 11.8. The number of aryl methyl sites for hydroxylation is 2. The van der Waals surface area contributed by atoms with Crippen LogP contribution >= 0.6 is 0 Å². The number of fused-ring (bicyclic) bond motifs is 1. The third-order valence-electron chi connectivity index (χ3n) is 3.57. The number of carbonyl (C=O) groups excluding carboxylic acids is 1. The topological polar surface area (TPSA) is 65.2 Å². The third-order valence-corrected chi connectivity index (χ3v) is 3.57. The predicted octanol–water partition coefficient (Wildman–Crippen LogP) is 3.12. The summed E-state index contributed by atoms with van der Waals surface area (Å²) in [7, 11) is 0. The second-order valence-corrected chi connectivity index (χ2v) is 5.24. The lowest BCUT2D eigenvalue weighted by molar-refractivity contribution is 0.0972. The molecule has 0 saturated carbocycles. The van der Waals surface area contributed by atoms with Crippen molar-refractivity contribution in [3.8, 4) is 5.75 Å². The molecule has 1 aliphatic rings. The molecule has 1 aromatic carbocycles. The van der Waals surface area contributed by atoms with E-state index in [0.29, 0.717) is 18.1 Å². The van der Waals surface area contributed by atoms with Gasteiger partial charge in [0.1, 0.15) is 5.75 Å². The molecule has 0 aliphatic heterocycles. The fourth-order valence-electron chi connectivity index (χ4n) is 2.53. The summed E-state index contributed by atoms with van der Waals surface area (Å²) in [5.74, 6) is 2.15. The molecule has 0 N–H and O–H groups in total. The van der Waals surface area contributed by atoms with E-state index < -0.39 is 0 Å². The second-order valence-electron chi connectivity index (χ2n) is 5.24. The molecule has 0 spiro atoms. The zero-order valence-corrected chi connectivity index (χ0v) is 12.1. The summed E-state index contributed by atoms with van der Waals surface area (Å²) >= 11 is 0. The standard InChI is InChI=1S/C16H18N2O3/c1-2-4-15-17-16(21-18-15)10-20-12-7-8-13-11(9-12)5-3-6-14(13)19/h7-9H,2-6,10H2,1H3. The van der Waals surface area contributed by atoms with Gasteiger partial charge >= 0.3 is 0 Å². The second kappa shape index (κ2) is 6.08. The number of Topliss-reactive ketones (excluding diaryl/α,β-unsaturated/α-hetero) is 1. The van der Waals surface area contributed by atoms with Crippen LogP contribution in [0.2, 0.25) is 0 Å². The highest BCUT2D eigenvalue weighted by molar-refractivity contribution is 5.98. The molecule has 0 fully saturated rings. The van der Waals surface area contributed by atoms with E-state index in [-0.39, 0.29) is 12.4 Å². The SMILES string of the molecule is CCCc1noc(COc2ccc3c(c2)CCCC3=O)n1. The van der Waals surface area contributed by atoms with Gasteiger partial charge in [0.15, 0.2) is 18.2 Å². The molecule has 0 unspecified atom stereocenters. The van der Waals surface area contributed by atoms with Crippen molar-refractivity contribution < 1.29 is 14.1 Å². The van der Waals surface area contributed by atoms with Crippen molar-refractivity contribution >= 4 is 5.78 Å². The number of aromatic nitrogens is 2. The Morgan fingerprint density at radius 2 is 2.24 bits per heavy atom. The fraction of sp³-hybridized carbons (Fsp3) is 0.438. The molecule has 5 heteroatoms. The first-order valence-electron chi connectivity index (χ1n) is 7.36. The van der Waals surface area contributed by atoms with Crippen molar-refractivity contribution in [3.63, 3.8) is 0 Å². The molecule has 2 aromatic rings. The van der Waals surface area contributed by atoms with Crippen molar-refractivity contribution in [3.05, 3.63) is 41.0 Å². The molecule has 1 heterocycles. The Balaban J connectivity index is 1.66. The Hall–Kier alpha value is -2.17. The Bertz CT molecular complexity index is 649. The van der Waals surface area contributed by atoms with Gasteiger partial charge in [-0.15, -0.1) is 0 Å². The molecule has 1 aliphatic carbocycles. The van der Waals surface area contributed by atoms with Gasteiger partial charge in [0.05, 0.1) is 0 Å². The average Bonchev–Trinajstić information content (AvgIpc) is 2.93. The zero-order valence-electron chi connectivity index (χ0n) is 12.1. The van der Waals surface area contributed by atoms with Gasteiger partial charge in [-0.05, 0) is 43.0 Å². The number of carbonyl (C=O) groups is 1. The Kier molecular flexibility index (Phi) is 3.99. The van der Waals surface area contributed by atoms with Crippen LogP contribution in [0.4, 0.5) is 0 Å². The third kappa shape index (κ3) is 3.12. The first kappa shape index (κ1) is 13.8. The van der Waals surface area contributed by atoms with Crippen LogP contribution in [-0.2, 0) is 19.4 Å². The van der Waals surface area contributed by atoms with Gasteiger partial charge in [0, 0.05) is 18.4 Å². The molecule has 21 heavy (non-hydrogen) atoms. The summed E-state index contributed by atoms with van der Waals surface area (Å²) in [6, 6.07) is 5.61. The van der Waals surface area contributed by atoms with Crippen molar-refractivity contribution in [1.29, 1.82) is 0 Å². The van der Waals surface area contributed by atoms with Crippen molar-refractivity contribution in [2.45, 2.75) is 45.6 Å². The van der Waals surface area contributed by atoms with Crippen LogP contribution in [0.3, 0.4) is 0 Å². The maximum Gasteiger partial charge on any atom is 0.264 e. The molecule has 0 atom stereocenters. The number of hydrogen-bond acceptors (Lipinski definition) is 5. The lowest BCUT2D eigenvalue weighted by atomic mass is 9.91. The summed E-state index contributed by atoms with van der Waals surface area (Å²) in [5, 5.41) is 3.89. The van der Waals surface area contributed by atoms with Crippen LogP contribution in [0.15, 0.2) is 22.7 Å². The molecular weight excluding hydrogens is 268 g/mol. The summed E-state index contributed by atoms with van der Waals surface area (Å²) in [6.45, 7) is 2.32. The van der Waals surface area contributed by atoms with Crippen LogP contribution in [0, 0.1) is 0 Å². The van der Waals surface area contributed by atoms with E-state index in [9.17, 15) is 4.79 Å². The number of rotatable bonds is 5. The minimum atomic E-state index is 0.226. The van der Waals surface area contributed by atoms with Gasteiger partial charge in [-0.2, -0.15) is 4.98 Å². The van der Waals surface area contributed by atoms with Crippen molar-refractivity contribution in [1.82, 2.24) is 10.1 Å². The smallest absolute Gasteiger partial charge is 0.264 e. The van der Waals surface area contributed by atoms with Gasteiger partial charge < -0.3 is 9.26 Å². The molecule has 0 radical (unpaired) electrons. The highest BCUT2D eigenvalue weighted by Gasteiger charge is 2.17. The summed E-state index contributed by atoms with van der Waals surface area (Å²) in [6.07, 6.45) is 4.29. The van der Waals surface area contributed by atoms with E-state index in [1.165, 1.54) is 0 Å². The lowest BCUT2D eigenvalue weighted by Gasteiger charge is -2.15. The summed E-state index contributed by atoms with van der Waals surface area (Å²) in [5.41, 5.74) is 1.90. The van der Waals surface area contributed by atoms with Gasteiger partial charge in [0.25, 0.3) is 5.89 Å². The number of nitrogens with zero attached hydrogens (tertiary/aromatic N) is 2. The Morgan fingerprint density at radius 1 is 1.33 bits per heavy atom. The van der Waals surface area contributed by atoms with E-state index in [1.807, 2.05) is 18.2 Å². The van der Waals surface area contributed by atoms with E-state index >= 15 is 0 Å². The van der Waals surface area contributed by atoms with Gasteiger partial charge in [-0.3, -0.25) is 4.79 Å². The van der Waals surface area contributed by atoms with Crippen molar-refractivity contribution in [2.24, 2.45) is 0 Å². The predicted molar refractivity (Wildman–Crippen MR) is 76.3 cm³/mol. The number of ether oxygens (including phenoxy) is 1. The highest BCUT2D eigenvalue weighted by atomic mass is 16.5. The van der Waals surface area contributed by atoms with E-state index in [0.717, 1.165) is 42.6 Å². The lowest BCUT2D eigenvalue weighted by Crippen LogP contribution is -2.10. The molecule has 110 valence electrons. The van der Waals surface area contributed by atoms with Gasteiger partial charge in [0.2, 0.25) is 0 Å². The van der Waals surface area contributed by atoms with Crippen molar-refractivity contribution in [2.75, 3.05) is 0 Å².